The minimum Gasteiger partial charge on any atom is -0.465 e. The Labute approximate surface area is 174 Å². The Morgan fingerprint density at radius 1 is 1.21 bits per heavy atom. The first-order chi connectivity index (χ1) is 14.2. The highest BCUT2D eigenvalue weighted by molar-refractivity contribution is 7.99. The maximum Gasteiger partial charge on any atom is 0.316 e. The van der Waals surface area contributed by atoms with Gasteiger partial charge in [0.2, 0.25) is 0 Å². The number of hydrogen-bond donors (Lipinski definition) is 1. The van der Waals surface area contributed by atoms with Gasteiger partial charge in [0.25, 0.3) is 0 Å². The van der Waals surface area contributed by atoms with Crippen LogP contribution in [0.2, 0.25) is 0 Å². The average molecular weight is 414 g/mol. The molecule has 0 saturated heterocycles. The van der Waals surface area contributed by atoms with E-state index in [4.69, 9.17) is 4.74 Å². The zero-order chi connectivity index (χ0) is 20.1. The van der Waals surface area contributed by atoms with Gasteiger partial charge in [0.05, 0.1) is 23.4 Å². The second kappa shape index (κ2) is 9.43. The molecular formula is C21H27N5O2S. The summed E-state index contributed by atoms with van der Waals surface area (Å²) in [4.78, 5) is 19.9. The largest absolute Gasteiger partial charge is 0.465 e. The molecule has 1 aliphatic rings. The van der Waals surface area contributed by atoms with Crippen molar-refractivity contribution < 1.29 is 9.53 Å². The van der Waals surface area contributed by atoms with Gasteiger partial charge in [-0.3, -0.25) is 4.79 Å². The number of carbonyl (C=O) groups is 1. The third-order valence-corrected chi connectivity index (χ3v) is 6.24. The molecule has 1 fully saturated rings. The van der Waals surface area contributed by atoms with Crippen LogP contribution in [0.3, 0.4) is 0 Å². The Morgan fingerprint density at radius 3 is 2.83 bits per heavy atom. The number of nitrogens with zero attached hydrogens (tertiary/aromatic N) is 4. The number of imidazole rings is 1. The van der Waals surface area contributed by atoms with Gasteiger partial charge < -0.3 is 14.3 Å². The molecule has 1 saturated carbocycles. The summed E-state index contributed by atoms with van der Waals surface area (Å²) in [6.45, 7) is 2.22. The monoisotopic (exact) mass is 413 g/mol. The van der Waals surface area contributed by atoms with E-state index in [0.717, 1.165) is 53.5 Å². The summed E-state index contributed by atoms with van der Waals surface area (Å²) in [5.41, 5.74) is 2.05. The lowest BCUT2D eigenvalue weighted by Crippen LogP contribution is -2.18. The Bertz CT molecular complexity index is 928. The van der Waals surface area contributed by atoms with Crippen LogP contribution in [-0.4, -0.2) is 43.1 Å². The molecule has 0 aliphatic heterocycles. The molecular weight excluding hydrogens is 386 g/mol. The summed E-state index contributed by atoms with van der Waals surface area (Å²) in [6.07, 6.45) is 7.58. The van der Waals surface area contributed by atoms with E-state index < -0.39 is 0 Å². The van der Waals surface area contributed by atoms with Gasteiger partial charge in [0.1, 0.15) is 11.6 Å². The smallest absolute Gasteiger partial charge is 0.316 e. The van der Waals surface area contributed by atoms with Crippen molar-refractivity contribution >= 4 is 28.8 Å². The number of hydrogen-bond acceptors (Lipinski definition) is 6. The second-order valence-electron chi connectivity index (χ2n) is 7.35. The molecule has 0 amide bonds. The molecule has 0 radical (unpaired) electrons. The van der Waals surface area contributed by atoms with E-state index in [-0.39, 0.29) is 11.7 Å². The van der Waals surface area contributed by atoms with E-state index in [0.29, 0.717) is 12.6 Å². The lowest BCUT2D eigenvalue weighted by atomic mass is 9.95. The van der Waals surface area contributed by atoms with E-state index in [1.807, 2.05) is 31.2 Å². The van der Waals surface area contributed by atoms with Crippen LogP contribution in [0.4, 0.5) is 0 Å². The molecule has 29 heavy (non-hydrogen) atoms. The van der Waals surface area contributed by atoms with Gasteiger partial charge in [-0.15, -0.1) is 10.2 Å². The van der Waals surface area contributed by atoms with Crippen LogP contribution in [-0.2, 0) is 22.4 Å². The number of thioether (sulfide) groups is 1. The topological polar surface area (TPSA) is 85.7 Å². The molecule has 8 heteroatoms. The fourth-order valence-corrected chi connectivity index (χ4v) is 4.79. The molecule has 0 bridgehead atoms. The highest BCUT2D eigenvalue weighted by atomic mass is 32.2. The lowest BCUT2D eigenvalue weighted by Gasteiger charge is -2.25. The Kier molecular flexibility index (Phi) is 6.49. The number of rotatable bonds is 8. The summed E-state index contributed by atoms with van der Waals surface area (Å²) in [5, 5.41) is 9.72. The molecule has 1 aromatic carbocycles. The highest BCUT2D eigenvalue weighted by Crippen LogP contribution is 2.33. The number of nitrogens with one attached hydrogen (secondary N) is 1. The van der Waals surface area contributed by atoms with Gasteiger partial charge >= 0.3 is 5.97 Å². The van der Waals surface area contributed by atoms with Crippen LogP contribution in [0.1, 0.15) is 56.7 Å². The first-order valence-electron chi connectivity index (χ1n) is 10.4. The van der Waals surface area contributed by atoms with Crippen molar-refractivity contribution in [3.8, 4) is 0 Å². The summed E-state index contributed by atoms with van der Waals surface area (Å²) in [6, 6.07) is 8.48. The van der Waals surface area contributed by atoms with E-state index in [1.54, 1.807) is 0 Å². The standard InChI is InChI=1S/C21H27N5O2S/c1-2-28-20(27)14-29-21-25-24-19(26(21)15-8-4-3-5-9-15)13-12-18-22-16-10-6-7-11-17(16)23-18/h6-7,10-11,15H,2-5,8-9,12-14H2,1H3,(H,22,23). The van der Waals surface area contributed by atoms with Crippen molar-refractivity contribution in [2.45, 2.75) is 63.1 Å². The zero-order valence-electron chi connectivity index (χ0n) is 16.8. The molecule has 7 nitrogen and oxygen atoms in total. The minimum atomic E-state index is -0.209. The van der Waals surface area contributed by atoms with Crippen LogP contribution in [0.25, 0.3) is 11.0 Å². The summed E-state index contributed by atoms with van der Waals surface area (Å²) < 4.78 is 7.33. The van der Waals surface area contributed by atoms with Gasteiger partial charge in [-0.1, -0.05) is 43.2 Å². The number of ether oxygens (including phenoxy) is 1. The van der Waals surface area contributed by atoms with Crippen LogP contribution in [0.15, 0.2) is 29.4 Å². The van der Waals surface area contributed by atoms with E-state index in [9.17, 15) is 4.79 Å². The number of fused-ring (bicyclic) bond motifs is 1. The van der Waals surface area contributed by atoms with Crippen molar-refractivity contribution in [3.63, 3.8) is 0 Å². The van der Waals surface area contributed by atoms with Crippen LogP contribution < -0.4 is 0 Å². The number of esters is 1. The van der Waals surface area contributed by atoms with Crippen LogP contribution in [0, 0.1) is 0 Å². The maximum absolute atomic E-state index is 11.8. The number of carbonyl (C=O) groups excluding carboxylic acids is 1. The van der Waals surface area contributed by atoms with Crippen molar-refractivity contribution in [1.82, 2.24) is 24.7 Å². The Balaban J connectivity index is 1.50. The fraction of sp³-hybridized carbons (Fsp3) is 0.524. The van der Waals surface area contributed by atoms with Crippen molar-refractivity contribution in [1.29, 1.82) is 0 Å². The fourth-order valence-electron chi connectivity index (χ4n) is 3.96. The quantitative estimate of drug-likeness (QED) is 0.442. The maximum atomic E-state index is 11.8. The first-order valence-corrected chi connectivity index (χ1v) is 11.4. The van der Waals surface area contributed by atoms with Gasteiger partial charge in [-0.2, -0.15) is 0 Å². The lowest BCUT2D eigenvalue weighted by molar-refractivity contribution is -0.139. The molecule has 3 aromatic rings. The molecule has 0 unspecified atom stereocenters. The summed E-state index contributed by atoms with van der Waals surface area (Å²) in [5.74, 6) is 2.00. The third-order valence-electron chi connectivity index (χ3n) is 5.32. The van der Waals surface area contributed by atoms with Gasteiger partial charge in [0, 0.05) is 18.9 Å². The van der Waals surface area contributed by atoms with E-state index >= 15 is 0 Å². The number of benzene rings is 1. The molecule has 0 spiro atoms. The Hall–Kier alpha value is -2.35. The second-order valence-corrected chi connectivity index (χ2v) is 8.30. The number of aryl methyl sites for hydroxylation is 2. The molecule has 0 atom stereocenters. The normalized spacial score (nSPS) is 15.1. The van der Waals surface area contributed by atoms with Crippen molar-refractivity contribution in [2.24, 2.45) is 0 Å². The Morgan fingerprint density at radius 2 is 2.03 bits per heavy atom. The SMILES string of the molecule is CCOC(=O)CSc1nnc(CCc2nc3ccccc3[nH]2)n1C1CCCCC1. The van der Waals surface area contributed by atoms with Crippen molar-refractivity contribution in [3.05, 3.63) is 35.9 Å². The predicted octanol–water partition coefficient (Wildman–Crippen LogP) is 4.10. The van der Waals surface area contributed by atoms with Gasteiger partial charge in [0.15, 0.2) is 5.16 Å². The molecule has 1 N–H and O–H groups in total. The average Bonchev–Trinajstić information content (AvgIpc) is 3.35. The first kappa shape index (κ1) is 19.9. The predicted molar refractivity (Wildman–Crippen MR) is 113 cm³/mol. The molecule has 1 aliphatic carbocycles. The van der Waals surface area contributed by atoms with E-state index in [1.165, 1.54) is 31.0 Å². The molecule has 2 aromatic heterocycles. The van der Waals surface area contributed by atoms with Gasteiger partial charge in [-0.05, 0) is 31.9 Å². The van der Waals surface area contributed by atoms with Crippen LogP contribution >= 0.6 is 11.8 Å². The number of aromatic amines is 1. The van der Waals surface area contributed by atoms with Crippen molar-refractivity contribution in [2.75, 3.05) is 12.4 Å². The number of para-hydroxylation sites is 2. The minimum absolute atomic E-state index is 0.209. The molecule has 2 heterocycles. The zero-order valence-corrected chi connectivity index (χ0v) is 17.6. The summed E-state index contributed by atoms with van der Waals surface area (Å²) >= 11 is 1.43. The number of H-pyrrole nitrogens is 1. The van der Waals surface area contributed by atoms with E-state index in [2.05, 4.69) is 24.7 Å². The molecule has 154 valence electrons. The molecule has 4 rings (SSSR count). The highest BCUT2D eigenvalue weighted by Gasteiger charge is 2.23. The van der Waals surface area contributed by atoms with Crippen LogP contribution in [0.5, 0.6) is 0 Å². The summed E-state index contributed by atoms with van der Waals surface area (Å²) in [7, 11) is 0. The van der Waals surface area contributed by atoms with Gasteiger partial charge in [-0.25, -0.2) is 4.98 Å². The number of aromatic nitrogens is 5. The third kappa shape index (κ3) is 4.80.